The lowest BCUT2D eigenvalue weighted by molar-refractivity contribution is -0.119. The third-order valence-corrected chi connectivity index (χ3v) is 4.26. The van der Waals surface area contributed by atoms with Crippen molar-refractivity contribution in [3.05, 3.63) is 84.0 Å². The standard InChI is InChI=1S/C20H15NO/c22-20(18-12-2-1-7-13-21-18)19-16-10-5-3-8-14(16)15-9-4-6-11-17(15)19/h1-13,18-19H. The second-order valence-electron chi connectivity index (χ2n) is 5.52. The fourth-order valence-electron chi connectivity index (χ4n) is 3.28. The summed E-state index contributed by atoms with van der Waals surface area (Å²) in [5.41, 5.74) is 4.51. The molecule has 1 aliphatic heterocycles. The Hall–Kier alpha value is -2.74. The number of nitrogens with zero attached hydrogens (tertiary/aromatic N) is 1. The molecule has 0 saturated heterocycles. The second kappa shape index (κ2) is 5.23. The Kier molecular flexibility index (Phi) is 3.08. The first kappa shape index (κ1) is 13.0. The Morgan fingerprint density at radius 1 is 0.818 bits per heavy atom. The lowest BCUT2D eigenvalue weighted by Gasteiger charge is -2.15. The highest BCUT2D eigenvalue weighted by atomic mass is 16.1. The summed E-state index contributed by atoms with van der Waals surface area (Å²) in [6.07, 6.45) is 9.21. The summed E-state index contributed by atoms with van der Waals surface area (Å²) in [5.74, 6) is -0.0918. The first-order valence-electron chi connectivity index (χ1n) is 7.45. The van der Waals surface area contributed by atoms with Gasteiger partial charge in [-0.3, -0.25) is 9.79 Å². The first-order chi connectivity index (χ1) is 10.9. The fraction of sp³-hybridized carbons (Fsp3) is 0.100. The largest absolute Gasteiger partial charge is 0.296 e. The van der Waals surface area contributed by atoms with Gasteiger partial charge >= 0.3 is 0 Å². The number of rotatable bonds is 2. The number of ketones is 1. The Labute approximate surface area is 129 Å². The van der Waals surface area contributed by atoms with Crippen molar-refractivity contribution in [3.63, 3.8) is 0 Å². The van der Waals surface area contributed by atoms with Crippen molar-refractivity contribution < 1.29 is 4.79 Å². The average Bonchev–Trinajstić information content (AvgIpc) is 2.72. The van der Waals surface area contributed by atoms with Crippen LogP contribution in [0.4, 0.5) is 0 Å². The summed E-state index contributed by atoms with van der Waals surface area (Å²) in [4.78, 5) is 17.5. The molecule has 1 heterocycles. The highest BCUT2D eigenvalue weighted by Crippen LogP contribution is 2.45. The molecule has 2 aromatic rings. The van der Waals surface area contributed by atoms with Crippen LogP contribution in [-0.4, -0.2) is 18.0 Å². The van der Waals surface area contributed by atoms with Gasteiger partial charge in [0, 0.05) is 6.21 Å². The van der Waals surface area contributed by atoms with Gasteiger partial charge < -0.3 is 0 Å². The molecule has 0 radical (unpaired) electrons. The monoisotopic (exact) mass is 285 g/mol. The van der Waals surface area contributed by atoms with Crippen LogP contribution < -0.4 is 0 Å². The van der Waals surface area contributed by atoms with Crippen LogP contribution >= 0.6 is 0 Å². The van der Waals surface area contributed by atoms with Gasteiger partial charge in [-0.2, -0.15) is 0 Å². The molecule has 1 atom stereocenters. The number of carbonyl (C=O) groups is 1. The summed E-state index contributed by atoms with van der Waals surface area (Å²) in [6.45, 7) is 0. The third-order valence-electron chi connectivity index (χ3n) is 4.26. The van der Waals surface area contributed by atoms with E-state index in [9.17, 15) is 4.79 Å². The normalized spacial score (nSPS) is 18.8. The van der Waals surface area contributed by atoms with Crippen molar-refractivity contribution in [1.82, 2.24) is 0 Å². The van der Waals surface area contributed by atoms with E-state index in [1.165, 1.54) is 0 Å². The van der Waals surface area contributed by atoms with Gasteiger partial charge in [0.1, 0.15) is 6.04 Å². The maximum atomic E-state index is 13.1. The zero-order chi connectivity index (χ0) is 14.9. The van der Waals surface area contributed by atoms with Gasteiger partial charge in [-0.25, -0.2) is 0 Å². The van der Waals surface area contributed by atoms with E-state index in [1.54, 1.807) is 6.21 Å². The minimum Gasteiger partial charge on any atom is -0.296 e. The minimum atomic E-state index is -0.417. The molecular formula is C20H15NO. The molecule has 22 heavy (non-hydrogen) atoms. The predicted octanol–water partition coefficient (Wildman–Crippen LogP) is 3.93. The lowest BCUT2D eigenvalue weighted by Crippen LogP contribution is -2.23. The predicted molar refractivity (Wildman–Crippen MR) is 89.3 cm³/mol. The van der Waals surface area contributed by atoms with E-state index in [1.807, 2.05) is 48.6 Å². The van der Waals surface area contributed by atoms with Crippen molar-refractivity contribution >= 4 is 12.0 Å². The molecule has 0 amide bonds. The molecule has 2 nitrogen and oxygen atoms in total. The van der Waals surface area contributed by atoms with Crippen molar-refractivity contribution in [2.45, 2.75) is 12.0 Å². The van der Waals surface area contributed by atoms with E-state index in [0.717, 1.165) is 22.3 Å². The van der Waals surface area contributed by atoms with Crippen LogP contribution in [0.3, 0.4) is 0 Å². The number of allylic oxidation sites excluding steroid dienone is 3. The van der Waals surface area contributed by atoms with Crippen molar-refractivity contribution in [2.24, 2.45) is 4.99 Å². The second-order valence-corrected chi connectivity index (χ2v) is 5.52. The molecule has 2 aliphatic rings. The van der Waals surface area contributed by atoms with Gasteiger partial charge in [-0.1, -0.05) is 66.8 Å². The summed E-state index contributed by atoms with van der Waals surface area (Å²) >= 11 is 0. The molecule has 0 saturated carbocycles. The van der Waals surface area contributed by atoms with Crippen molar-refractivity contribution in [3.8, 4) is 11.1 Å². The van der Waals surface area contributed by atoms with Crippen molar-refractivity contribution in [2.75, 3.05) is 0 Å². The zero-order valence-corrected chi connectivity index (χ0v) is 12.0. The molecule has 0 bridgehead atoms. The summed E-state index contributed by atoms with van der Waals surface area (Å²) in [5, 5.41) is 0. The molecular weight excluding hydrogens is 270 g/mol. The maximum Gasteiger partial charge on any atom is 0.173 e. The number of aliphatic imine (C=N–C) groups is 1. The van der Waals surface area contributed by atoms with Crippen LogP contribution in [0.1, 0.15) is 17.0 Å². The lowest BCUT2D eigenvalue weighted by atomic mass is 9.89. The number of Topliss-reactive ketones (excluding diaryl/α,β-unsaturated/α-hetero) is 1. The van der Waals surface area contributed by atoms with Crippen LogP contribution in [0.5, 0.6) is 0 Å². The van der Waals surface area contributed by atoms with Gasteiger partial charge in [-0.05, 0) is 28.3 Å². The molecule has 2 heteroatoms. The highest BCUT2D eigenvalue weighted by Gasteiger charge is 2.35. The zero-order valence-electron chi connectivity index (χ0n) is 12.0. The Balaban J connectivity index is 1.83. The highest BCUT2D eigenvalue weighted by molar-refractivity contribution is 6.01. The quantitative estimate of drug-likeness (QED) is 0.822. The van der Waals surface area contributed by atoms with E-state index in [2.05, 4.69) is 29.3 Å². The number of hydrogen-bond donors (Lipinski definition) is 0. The van der Waals surface area contributed by atoms with Crippen LogP contribution in [-0.2, 0) is 4.79 Å². The van der Waals surface area contributed by atoms with Crippen LogP contribution in [0.15, 0.2) is 77.8 Å². The number of hydrogen-bond acceptors (Lipinski definition) is 2. The van der Waals surface area contributed by atoms with Gasteiger partial charge in [0.05, 0.1) is 5.92 Å². The van der Waals surface area contributed by atoms with Crippen LogP contribution in [0.25, 0.3) is 11.1 Å². The van der Waals surface area contributed by atoms with Gasteiger partial charge in [0.15, 0.2) is 5.78 Å². The molecule has 0 aromatic heterocycles. The molecule has 1 aliphatic carbocycles. The maximum absolute atomic E-state index is 13.1. The topological polar surface area (TPSA) is 29.4 Å². The first-order valence-corrected chi connectivity index (χ1v) is 7.45. The molecule has 1 unspecified atom stereocenters. The summed E-state index contributed by atoms with van der Waals surface area (Å²) in [6, 6.07) is 15.9. The third kappa shape index (κ3) is 1.96. The van der Waals surface area contributed by atoms with Gasteiger partial charge in [-0.15, -0.1) is 0 Å². The smallest absolute Gasteiger partial charge is 0.173 e. The number of carbonyl (C=O) groups excluding carboxylic acids is 1. The number of fused-ring (bicyclic) bond motifs is 3. The van der Waals surface area contributed by atoms with E-state index in [0.29, 0.717) is 0 Å². The van der Waals surface area contributed by atoms with E-state index >= 15 is 0 Å². The molecule has 4 rings (SSSR count). The van der Waals surface area contributed by atoms with E-state index in [-0.39, 0.29) is 11.7 Å². The summed E-state index contributed by atoms with van der Waals surface area (Å²) < 4.78 is 0. The summed E-state index contributed by atoms with van der Waals surface area (Å²) in [7, 11) is 0. The van der Waals surface area contributed by atoms with Crippen LogP contribution in [0.2, 0.25) is 0 Å². The van der Waals surface area contributed by atoms with Crippen LogP contribution in [0, 0.1) is 0 Å². The van der Waals surface area contributed by atoms with Gasteiger partial charge in [0.25, 0.3) is 0 Å². The molecule has 0 fully saturated rings. The average molecular weight is 285 g/mol. The number of benzene rings is 2. The van der Waals surface area contributed by atoms with E-state index < -0.39 is 6.04 Å². The minimum absolute atomic E-state index is 0.133. The van der Waals surface area contributed by atoms with Gasteiger partial charge in [0.2, 0.25) is 0 Å². The molecule has 0 spiro atoms. The Morgan fingerprint density at radius 2 is 1.45 bits per heavy atom. The Bertz CT molecular complexity index is 768. The van der Waals surface area contributed by atoms with E-state index in [4.69, 9.17) is 0 Å². The molecule has 106 valence electrons. The molecule has 2 aromatic carbocycles. The SMILES string of the molecule is O=C(C1C=CC=CC=N1)C1c2ccccc2-c2ccccc21. The fourth-order valence-corrected chi connectivity index (χ4v) is 3.28. The van der Waals surface area contributed by atoms with Crippen molar-refractivity contribution in [1.29, 1.82) is 0 Å². The molecule has 0 N–H and O–H groups in total. The Morgan fingerprint density at radius 3 is 2.14 bits per heavy atom.